The minimum atomic E-state index is 0.773. The molecule has 1 aliphatic rings. The van der Waals surface area contributed by atoms with Crippen molar-refractivity contribution in [1.82, 2.24) is 9.88 Å². The van der Waals surface area contributed by atoms with E-state index in [9.17, 15) is 0 Å². The second-order valence-corrected chi connectivity index (χ2v) is 4.79. The Kier molecular flexibility index (Phi) is 3.94. The highest BCUT2D eigenvalue weighted by molar-refractivity contribution is 5.14. The van der Waals surface area contributed by atoms with Crippen molar-refractivity contribution >= 4 is 0 Å². The van der Waals surface area contributed by atoms with E-state index in [1.165, 1.54) is 37.2 Å². The molecule has 0 unspecified atom stereocenters. The predicted octanol–water partition coefficient (Wildman–Crippen LogP) is 2.67. The molecule has 0 radical (unpaired) electrons. The maximum Gasteiger partial charge on any atom is 0.0416 e. The fourth-order valence-corrected chi connectivity index (χ4v) is 2.40. The summed E-state index contributed by atoms with van der Waals surface area (Å²) in [6.07, 6.45) is 6.92. The average Bonchev–Trinajstić information content (AvgIpc) is 2.73. The molecule has 1 aromatic heterocycles. The van der Waals surface area contributed by atoms with Gasteiger partial charge in [-0.3, -0.25) is 4.98 Å². The third-order valence-corrected chi connectivity index (χ3v) is 3.64. The topological polar surface area (TPSA) is 16.1 Å². The van der Waals surface area contributed by atoms with Gasteiger partial charge in [-0.15, -0.1) is 0 Å². The number of aryl methyl sites for hydroxylation is 1. The van der Waals surface area contributed by atoms with Crippen LogP contribution in [0.2, 0.25) is 0 Å². The molecule has 1 fully saturated rings. The first-order chi connectivity index (χ1) is 7.79. The lowest BCUT2D eigenvalue weighted by atomic mass is 10.2. The van der Waals surface area contributed by atoms with Crippen LogP contribution in [-0.4, -0.2) is 29.0 Å². The zero-order valence-corrected chi connectivity index (χ0v) is 10.4. The normalized spacial score (nSPS) is 21.5. The molecular weight excluding hydrogens is 196 g/mol. The van der Waals surface area contributed by atoms with E-state index in [2.05, 4.69) is 35.9 Å². The van der Waals surface area contributed by atoms with Crippen LogP contribution < -0.4 is 0 Å². The van der Waals surface area contributed by atoms with Gasteiger partial charge < -0.3 is 4.90 Å². The minimum Gasteiger partial charge on any atom is -0.300 e. The summed E-state index contributed by atoms with van der Waals surface area (Å²) >= 11 is 0. The molecule has 2 heteroatoms. The van der Waals surface area contributed by atoms with E-state index in [-0.39, 0.29) is 0 Å². The summed E-state index contributed by atoms with van der Waals surface area (Å²) in [5.41, 5.74) is 2.56. The van der Waals surface area contributed by atoms with Crippen LogP contribution in [0.4, 0.5) is 0 Å². The summed E-state index contributed by atoms with van der Waals surface area (Å²) in [6.45, 7) is 6.94. The largest absolute Gasteiger partial charge is 0.300 e. The molecule has 0 spiro atoms. The van der Waals surface area contributed by atoms with Crippen LogP contribution in [0.5, 0.6) is 0 Å². The van der Waals surface area contributed by atoms with Gasteiger partial charge in [-0.05, 0) is 44.4 Å². The Labute approximate surface area is 98.7 Å². The van der Waals surface area contributed by atoms with Gasteiger partial charge in [0, 0.05) is 30.9 Å². The average molecular weight is 218 g/mol. The van der Waals surface area contributed by atoms with Crippen molar-refractivity contribution < 1.29 is 0 Å². The third-order valence-electron chi connectivity index (χ3n) is 3.64. The molecule has 16 heavy (non-hydrogen) atoms. The fourth-order valence-electron chi connectivity index (χ4n) is 2.40. The van der Waals surface area contributed by atoms with Crippen molar-refractivity contribution in [2.24, 2.45) is 0 Å². The Morgan fingerprint density at radius 1 is 1.44 bits per heavy atom. The Morgan fingerprint density at radius 2 is 2.31 bits per heavy atom. The fraction of sp³-hybridized carbons (Fsp3) is 0.643. The summed E-state index contributed by atoms with van der Waals surface area (Å²) < 4.78 is 0. The molecule has 0 bridgehead atoms. The Bertz CT molecular complexity index is 318. The predicted molar refractivity (Wildman–Crippen MR) is 67.6 cm³/mol. The highest BCUT2D eigenvalue weighted by Crippen LogP contribution is 2.16. The van der Waals surface area contributed by atoms with Gasteiger partial charge in [-0.25, -0.2) is 0 Å². The zero-order chi connectivity index (χ0) is 11.4. The molecule has 1 saturated heterocycles. The minimum absolute atomic E-state index is 0.773. The molecule has 0 amide bonds. The molecule has 0 N–H and O–H groups in total. The highest BCUT2D eigenvalue weighted by Gasteiger charge is 2.19. The highest BCUT2D eigenvalue weighted by atomic mass is 15.2. The summed E-state index contributed by atoms with van der Waals surface area (Å²) in [5.74, 6) is 0. The van der Waals surface area contributed by atoms with E-state index in [0.29, 0.717) is 0 Å². The van der Waals surface area contributed by atoms with Crippen LogP contribution in [0.1, 0.15) is 37.9 Å². The van der Waals surface area contributed by atoms with Crippen molar-refractivity contribution in [3.05, 3.63) is 29.6 Å². The lowest BCUT2D eigenvalue weighted by molar-refractivity contribution is 0.271. The third kappa shape index (κ3) is 2.82. The molecule has 88 valence electrons. The quantitative estimate of drug-likeness (QED) is 0.772. The van der Waals surface area contributed by atoms with Crippen molar-refractivity contribution in [1.29, 1.82) is 0 Å². The second-order valence-electron chi connectivity index (χ2n) is 4.79. The zero-order valence-electron chi connectivity index (χ0n) is 10.4. The molecule has 2 heterocycles. The van der Waals surface area contributed by atoms with Crippen molar-refractivity contribution in [3.8, 4) is 0 Å². The summed E-state index contributed by atoms with van der Waals surface area (Å²) in [4.78, 5) is 7.09. The number of pyridine rings is 1. The first-order valence-electron chi connectivity index (χ1n) is 6.47. The first kappa shape index (κ1) is 11.6. The monoisotopic (exact) mass is 218 g/mol. The second kappa shape index (κ2) is 5.44. The van der Waals surface area contributed by atoms with Crippen LogP contribution in [0.25, 0.3) is 0 Å². The van der Waals surface area contributed by atoms with Gasteiger partial charge >= 0.3 is 0 Å². The number of aromatic nitrogens is 1. The number of hydrogen-bond acceptors (Lipinski definition) is 2. The van der Waals surface area contributed by atoms with Gasteiger partial charge in [0.2, 0.25) is 0 Å². The number of rotatable bonds is 4. The van der Waals surface area contributed by atoms with E-state index in [4.69, 9.17) is 0 Å². The van der Waals surface area contributed by atoms with E-state index in [1.54, 1.807) is 0 Å². The maximum absolute atomic E-state index is 4.51. The van der Waals surface area contributed by atoms with Crippen LogP contribution in [-0.2, 0) is 12.8 Å². The van der Waals surface area contributed by atoms with Gasteiger partial charge in [0.25, 0.3) is 0 Å². The van der Waals surface area contributed by atoms with Crippen molar-refractivity contribution in [2.45, 2.75) is 45.6 Å². The molecule has 0 saturated carbocycles. The van der Waals surface area contributed by atoms with Crippen LogP contribution in [0.15, 0.2) is 18.3 Å². The Balaban J connectivity index is 1.84. The lowest BCUT2D eigenvalue weighted by Gasteiger charge is -2.20. The molecule has 2 rings (SSSR count). The van der Waals surface area contributed by atoms with E-state index >= 15 is 0 Å². The molecule has 0 aromatic carbocycles. The van der Waals surface area contributed by atoms with E-state index < -0.39 is 0 Å². The summed E-state index contributed by atoms with van der Waals surface area (Å²) in [6, 6.07) is 5.16. The number of hydrogen-bond donors (Lipinski definition) is 0. The van der Waals surface area contributed by atoms with Crippen LogP contribution >= 0.6 is 0 Å². The van der Waals surface area contributed by atoms with Gasteiger partial charge in [0.05, 0.1) is 0 Å². The summed E-state index contributed by atoms with van der Waals surface area (Å²) in [7, 11) is 0. The molecular formula is C14H22N2. The Morgan fingerprint density at radius 3 is 2.88 bits per heavy atom. The van der Waals surface area contributed by atoms with Crippen molar-refractivity contribution in [2.75, 3.05) is 13.1 Å². The lowest BCUT2D eigenvalue weighted by Crippen LogP contribution is -2.29. The van der Waals surface area contributed by atoms with Gasteiger partial charge in [0.15, 0.2) is 0 Å². The molecule has 1 aromatic rings. The molecule has 1 aliphatic heterocycles. The van der Waals surface area contributed by atoms with Gasteiger partial charge in [-0.2, -0.15) is 0 Å². The van der Waals surface area contributed by atoms with E-state index in [1.807, 2.05) is 6.20 Å². The van der Waals surface area contributed by atoms with E-state index in [0.717, 1.165) is 18.9 Å². The van der Waals surface area contributed by atoms with Crippen LogP contribution in [0, 0.1) is 0 Å². The molecule has 1 atom stereocenters. The summed E-state index contributed by atoms with van der Waals surface area (Å²) in [5, 5.41) is 0. The van der Waals surface area contributed by atoms with Gasteiger partial charge in [-0.1, -0.05) is 13.0 Å². The number of likely N-dealkylation sites (tertiary alicyclic amines) is 1. The van der Waals surface area contributed by atoms with Crippen molar-refractivity contribution in [3.63, 3.8) is 0 Å². The Hall–Kier alpha value is -0.890. The smallest absolute Gasteiger partial charge is 0.0416 e. The molecule has 2 nitrogen and oxygen atoms in total. The maximum atomic E-state index is 4.51. The van der Waals surface area contributed by atoms with Crippen LogP contribution in [0.3, 0.4) is 0 Å². The van der Waals surface area contributed by atoms with Gasteiger partial charge in [0.1, 0.15) is 0 Å². The first-order valence-corrected chi connectivity index (χ1v) is 6.47. The standard InChI is InChI=1S/C14H22N2/c1-3-13-6-7-14(15-11-13)8-10-16-9-4-5-12(16)2/h6-7,11-12H,3-5,8-10H2,1-2H3/t12-/m1/s1. The SMILES string of the molecule is CCc1ccc(CCN2CCC[C@H]2C)nc1. The molecule has 0 aliphatic carbocycles. The number of nitrogens with zero attached hydrogens (tertiary/aromatic N) is 2.